The van der Waals surface area contributed by atoms with Gasteiger partial charge in [-0.2, -0.15) is 16.7 Å². The molecule has 6 heteroatoms. The second kappa shape index (κ2) is 6.54. The molecular weight excluding hydrogens is 250 g/mol. The van der Waals surface area contributed by atoms with Gasteiger partial charge in [-0.1, -0.05) is 19.0 Å². The van der Waals surface area contributed by atoms with E-state index >= 15 is 0 Å². The van der Waals surface area contributed by atoms with Crippen LogP contribution in [-0.4, -0.2) is 34.6 Å². The van der Waals surface area contributed by atoms with E-state index in [0.717, 1.165) is 31.0 Å². The maximum absolute atomic E-state index is 6.05. The van der Waals surface area contributed by atoms with E-state index < -0.39 is 0 Å². The molecule has 0 aliphatic carbocycles. The molecule has 3 unspecified atom stereocenters. The number of aromatic nitrogens is 2. The Morgan fingerprint density at radius 2 is 2.39 bits per heavy atom. The predicted octanol–water partition coefficient (Wildman–Crippen LogP) is 1.93. The Kier molecular flexibility index (Phi) is 5.03. The van der Waals surface area contributed by atoms with E-state index in [-0.39, 0.29) is 12.0 Å². The molecule has 1 aliphatic heterocycles. The molecule has 2 heterocycles. The average molecular weight is 271 g/mol. The molecular formula is C12H21N3O2S. The average Bonchev–Trinajstić information content (AvgIpc) is 2.85. The molecule has 0 amide bonds. The lowest BCUT2D eigenvalue weighted by atomic mass is 9.97. The van der Waals surface area contributed by atoms with Gasteiger partial charge in [0.05, 0.1) is 18.3 Å². The summed E-state index contributed by atoms with van der Waals surface area (Å²) in [6, 6.07) is 0.0641. The summed E-state index contributed by atoms with van der Waals surface area (Å²) in [6.07, 6.45) is 2.00. The maximum Gasteiger partial charge on any atom is 0.233 e. The van der Waals surface area contributed by atoms with Crippen LogP contribution in [0.3, 0.4) is 0 Å². The van der Waals surface area contributed by atoms with Crippen molar-refractivity contribution in [2.24, 2.45) is 5.73 Å². The molecule has 2 rings (SSSR count). The Balaban J connectivity index is 1.92. The normalized spacial score (nSPS) is 26.2. The number of rotatable bonds is 5. The minimum Gasteiger partial charge on any atom is -0.381 e. The maximum atomic E-state index is 6.05. The molecule has 0 bridgehead atoms. The lowest BCUT2D eigenvalue weighted by Gasteiger charge is -2.25. The smallest absolute Gasteiger partial charge is 0.233 e. The second-order valence-corrected chi connectivity index (χ2v) is 6.14. The first kappa shape index (κ1) is 13.8. The molecule has 1 aromatic heterocycles. The highest BCUT2D eigenvalue weighted by molar-refractivity contribution is 7.99. The molecule has 3 atom stereocenters. The Morgan fingerprint density at radius 1 is 1.56 bits per heavy atom. The third-order valence-corrected chi connectivity index (χ3v) is 4.61. The fourth-order valence-electron chi connectivity index (χ4n) is 1.82. The molecule has 5 nitrogen and oxygen atoms in total. The Labute approximate surface area is 112 Å². The van der Waals surface area contributed by atoms with Gasteiger partial charge in [0.15, 0.2) is 5.82 Å². The largest absolute Gasteiger partial charge is 0.381 e. The summed E-state index contributed by atoms with van der Waals surface area (Å²) in [7, 11) is 0. The molecule has 1 saturated heterocycles. The number of nitrogens with two attached hydrogens (primary N) is 1. The lowest BCUT2D eigenvalue weighted by molar-refractivity contribution is 0.0590. The van der Waals surface area contributed by atoms with Crippen molar-refractivity contribution < 1.29 is 9.26 Å². The quantitative estimate of drug-likeness (QED) is 0.882. The first-order valence-electron chi connectivity index (χ1n) is 6.48. The molecule has 0 saturated carbocycles. The number of hydrogen-bond acceptors (Lipinski definition) is 6. The number of hydrogen-bond donors (Lipinski definition) is 1. The van der Waals surface area contributed by atoms with Crippen molar-refractivity contribution >= 4 is 11.8 Å². The highest BCUT2D eigenvalue weighted by Gasteiger charge is 2.29. The van der Waals surface area contributed by atoms with Crippen LogP contribution in [0.15, 0.2) is 4.52 Å². The summed E-state index contributed by atoms with van der Waals surface area (Å²) in [5.74, 6) is 2.23. The summed E-state index contributed by atoms with van der Waals surface area (Å²) in [6.45, 7) is 5.69. The highest BCUT2D eigenvalue weighted by Crippen LogP contribution is 2.24. The molecule has 0 radical (unpaired) electrons. The predicted molar refractivity (Wildman–Crippen MR) is 71.5 cm³/mol. The highest BCUT2D eigenvalue weighted by atomic mass is 32.2. The number of nitrogens with zero attached hydrogens (tertiary/aromatic N) is 2. The van der Waals surface area contributed by atoms with Crippen molar-refractivity contribution in [1.29, 1.82) is 0 Å². The van der Waals surface area contributed by atoms with Crippen LogP contribution in [0.25, 0.3) is 0 Å². The molecule has 1 aromatic rings. The van der Waals surface area contributed by atoms with Crippen LogP contribution in [-0.2, 0) is 10.5 Å². The van der Waals surface area contributed by atoms with E-state index in [9.17, 15) is 0 Å². The lowest BCUT2D eigenvalue weighted by Crippen LogP contribution is -2.37. The zero-order valence-corrected chi connectivity index (χ0v) is 11.8. The minimum atomic E-state index is 0.0496. The zero-order valence-electron chi connectivity index (χ0n) is 11.0. The van der Waals surface area contributed by atoms with Crippen LogP contribution < -0.4 is 5.73 Å². The zero-order chi connectivity index (χ0) is 13.0. The van der Waals surface area contributed by atoms with Gasteiger partial charge in [0.2, 0.25) is 5.89 Å². The molecule has 1 fully saturated rings. The van der Waals surface area contributed by atoms with E-state index in [1.165, 1.54) is 0 Å². The van der Waals surface area contributed by atoms with Crippen molar-refractivity contribution in [3.05, 3.63) is 11.7 Å². The molecule has 18 heavy (non-hydrogen) atoms. The SMILES string of the molecule is CCC(C)SCc1noc(C2COCCC2N)n1. The van der Waals surface area contributed by atoms with Gasteiger partial charge >= 0.3 is 0 Å². The molecule has 1 aliphatic rings. The fraction of sp³-hybridized carbons (Fsp3) is 0.833. The van der Waals surface area contributed by atoms with Crippen molar-refractivity contribution in [2.75, 3.05) is 13.2 Å². The van der Waals surface area contributed by atoms with E-state index in [1.807, 2.05) is 11.8 Å². The third kappa shape index (κ3) is 3.46. The van der Waals surface area contributed by atoms with Gasteiger partial charge in [0, 0.05) is 17.9 Å². The van der Waals surface area contributed by atoms with Gasteiger partial charge in [-0.3, -0.25) is 0 Å². The summed E-state index contributed by atoms with van der Waals surface area (Å²) in [5.41, 5.74) is 6.05. The van der Waals surface area contributed by atoms with Gasteiger partial charge in [0.25, 0.3) is 0 Å². The van der Waals surface area contributed by atoms with Gasteiger partial charge in [-0.15, -0.1) is 0 Å². The molecule has 2 N–H and O–H groups in total. The van der Waals surface area contributed by atoms with Crippen molar-refractivity contribution in [3.63, 3.8) is 0 Å². The standard InChI is InChI=1S/C12H21N3O2S/c1-3-8(2)18-7-11-14-12(17-15-11)9-6-16-5-4-10(9)13/h8-10H,3-7,13H2,1-2H3. The van der Waals surface area contributed by atoms with Gasteiger partial charge in [-0.25, -0.2) is 0 Å². The van der Waals surface area contributed by atoms with E-state index in [0.29, 0.717) is 17.7 Å². The summed E-state index contributed by atoms with van der Waals surface area (Å²) < 4.78 is 10.7. The summed E-state index contributed by atoms with van der Waals surface area (Å²) >= 11 is 1.84. The summed E-state index contributed by atoms with van der Waals surface area (Å²) in [5, 5.41) is 4.63. The fourth-order valence-corrected chi connectivity index (χ4v) is 2.61. The van der Waals surface area contributed by atoms with Crippen molar-refractivity contribution in [2.45, 2.75) is 49.7 Å². The monoisotopic (exact) mass is 271 g/mol. The van der Waals surface area contributed by atoms with Crippen molar-refractivity contribution in [3.8, 4) is 0 Å². The van der Waals surface area contributed by atoms with Crippen molar-refractivity contribution in [1.82, 2.24) is 10.1 Å². The van der Waals surface area contributed by atoms with Crippen LogP contribution >= 0.6 is 11.8 Å². The Morgan fingerprint density at radius 3 is 3.11 bits per heavy atom. The van der Waals surface area contributed by atoms with Gasteiger partial charge in [-0.05, 0) is 12.8 Å². The first-order valence-corrected chi connectivity index (χ1v) is 7.53. The minimum absolute atomic E-state index is 0.0496. The van der Waals surface area contributed by atoms with Crippen LogP contribution in [0, 0.1) is 0 Å². The number of ether oxygens (including phenoxy) is 1. The van der Waals surface area contributed by atoms with Crippen LogP contribution in [0.1, 0.15) is 44.3 Å². The first-order chi connectivity index (χ1) is 8.70. The van der Waals surface area contributed by atoms with Gasteiger partial charge in [0.1, 0.15) is 0 Å². The Bertz CT molecular complexity index is 372. The molecule has 0 spiro atoms. The van der Waals surface area contributed by atoms with E-state index in [2.05, 4.69) is 24.0 Å². The summed E-state index contributed by atoms with van der Waals surface area (Å²) in [4.78, 5) is 4.43. The third-order valence-electron chi connectivity index (χ3n) is 3.28. The van der Waals surface area contributed by atoms with Gasteiger partial charge < -0.3 is 15.0 Å². The Hall–Kier alpha value is -0.590. The van der Waals surface area contributed by atoms with Crippen LogP contribution in [0.4, 0.5) is 0 Å². The molecule has 102 valence electrons. The van der Waals surface area contributed by atoms with E-state index in [4.69, 9.17) is 15.0 Å². The van der Waals surface area contributed by atoms with E-state index in [1.54, 1.807) is 0 Å². The topological polar surface area (TPSA) is 74.2 Å². The second-order valence-electron chi connectivity index (χ2n) is 4.71. The molecule has 0 aromatic carbocycles. The number of thioether (sulfide) groups is 1. The van der Waals surface area contributed by atoms with Crippen LogP contribution in [0.2, 0.25) is 0 Å². The van der Waals surface area contributed by atoms with Crippen LogP contribution in [0.5, 0.6) is 0 Å².